The molecular formula is C44H26N4. The van der Waals surface area contributed by atoms with Gasteiger partial charge in [-0.2, -0.15) is 10.5 Å². The summed E-state index contributed by atoms with van der Waals surface area (Å²) in [5.41, 5.74) is 11.4. The lowest BCUT2D eigenvalue weighted by molar-refractivity contribution is 1.18. The lowest BCUT2D eigenvalue weighted by atomic mass is 9.89. The zero-order valence-electron chi connectivity index (χ0n) is 25.8. The Balaban J connectivity index is 1.30. The van der Waals surface area contributed by atoms with Gasteiger partial charge in [-0.3, -0.25) is 0 Å². The predicted octanol–water partition coefficient (Wildman–Crippen LogP) is 11.0. The minimum atomic E-state index is 0.613. The first-order valence-corrected chi connectivity index (χ1v) is 15.9. The van der Waals surface area contributed by atoms with Crippen LogP contribution in [0.2, 0.25) is 0 Å². The molecule has 0 aliphatic carbocycles. The maximum absolute atomic E-state index is 10.5. The topological polar surface area (TPSA) is 57.4 Å². The monoisotopic (exact) mass is 610 g/mol. The van der Waals surface area contributed by atoms with Gasteiger partial charge in [0.05, 0.1) is 51.0 Å². The molecule has 4 nitrogen and oxygen atoms in total. The first-order valence-electron chi connectivity index (χ1n) is 15.9. The minimum absolute atomic E-state index is 0.613. The van der Waals surface area contributed by atoms with Gasteiger partial charge in [-0.15, -0.1) is 0 Å². The highest BCUT2D eigenvalue weighted by Gasteiger charge is 2.21. The highest BCUT2D eigenvalue weighted by Crippen LogP contribution is 2.42. The molecule has 0 N–H and O–H groups in total. The van der Waals surface area contributed by atoms with E-state index in [4.69, 9.17) is 0 Å². The molecule has 0 saturated heterocycles. The van der Waals surface area contributed by atoms with Crippen LogP contribution >= 0.6 is 0 Å². The summed E-state index contributed by atoms with van der Waals surface area (Å²) in [5, 5.41) is 24.9. The molecule has 2 heterocycles. The number of fused-ring (bicyclic) bond motifs is 6. The molecule has 2 aromatic heterocycles. The normalized spacial score (nSPS) is 11.3. The van der Waals surface area contributed by atoms with Crippen molar-refractivity contribution in [1.82, 2.24) is 9.13 Å². The van der Waals surface area contributed by atoms with Gasteiger partial charge >= 0.3 is 0 Å². The van der Waals surface area contributed by atoms with Crippen LogP contribution in [-0.2, 0) is 0 Å². The van der Waals surface area contributed by atoms with E-state index in [0.29, 0.717) is 11.1 Å². The van der Waals surface area contributed by atoms with E-state index in [1.54, 1.807) is 0 Å². The molecular weight excluding hydrogens is 585 g/mol. The number of nitriles is 2. The second-order valence-corrected chi connectivity index (χ2v) is 11.9. The molecule has 48 heavy (non-hydrogen) atoms. The second-order valence-electron chi connectivity index (χ2n) is 11.9. The van der Waals surface area contributed by atoms with Crippen LogP contribution in [0, 0.1) is 22.7 Å². The zero-order valence-corrected chi connectivity index (χ0v) is 25.8. The lowest BCUT2D eigenvalue weighted by Crippen LogP contribution is -2.00. The van der Waals surface area contributed by atoms with E-state index in [1.807, 2.05) is 42.5 Å². The number of aromatic nitrogens is 2. The Morgan fingerprint density at radius 3 is 1.69 bits per heavy atom. The van der Waals surface area contributed by atoms with Crippen LogP contribution in [0.4, 0.5) is 0 Å². The van der Waals surface area contributed by atoms with Crippen molar-refractivity contribution in [2.24, 2.45) is 0 Å². The van der Waals surface area contributed by atoms with Gasteiger partial charge in [0.25, 0.3) is 0 Å². The van der Waals surface area contributed by atoms with E-state index < -0.39 is 0 Å². The molecule has 9 rings (SSSR count). The molecule has 9 aromatic rings. The summed E-state index contributed by atoms with van der Waals surface area (Å²) in [4.78, 5) is 0. The van der Waals surface area contributed by atoms with Crippen LogP contribution in [0.3, 0.4) is 0 Å². The summed E-state index contributed by atoms with van der Waals surface area (Å²) >= 11 is 0. The van der Waals surface area contributed by atoms with Crippen molar-refractivity contribution in [2.75, 3.05) is 0 Å². The molecule has 0 saturated carbocycles. The van der Waals surface area contributed by atoms with Crippen molar-refractivity contribution in [3.05, 3.63) is 169 Å². The van der Waals surface area contributed by atoms with Crippen molar-refractivity contribution < 1.29 is 0 Å². The van der Waals surface area contributed by atoms with Crippen LogP contribution in [0.1, 0.15) is 11.1 Å². The number of hydrogen-bond acceptors (Lipinski definition) is 2. The van der Waals surface area contributed by atoms with Gasteiger partial charge in [0.15, 0.2) is 0 Å². The summed E-state index contributed by atoms with van der Waals surface area (Å²) in [6.45, 7) is 0. The summed E-state index contributed by atoms with van der Waals surface area (Å²) in [6.07, 6.45) is 0. The molecule has 4 heteroatoms. The second kappa shape index (κ2) is 10.9. The standard InChI is InChI=1S/C44H26N4/c45-27-30-13-10-20-33(29-12-9-15-32(26-29)47-40-23-7-4-19-37(40)44-31(28-46)14-11-25-42(44)47)43(30)36-18-3-8-24-41(36)48-38-21-5-1-16-34(38)35-17-2-6-22-39(35)48/h1-26H. The molecule has 0 bridgehead atoms. The van der Waals surface area contributed by atoms with E-state index in [2.05, 4.69) is 137 Å². The Morgan fingerprint density at radius 2 is 0.958 bits per heavy atom. The van der Waals surface area contributed by atoms with Crippen molar-refractivity contribution in [2.45, 2.75) is 0 Å². The van der Waals surface area contributed by atoms with Crippen LogP contribution in [0.25, 0.3) is 77.2 Å². The highest BCUT2D eigenvalue weighted by molar-refractivity contribution is 6.12. The average molecular weight is 611 g/mol. The number of hydrogen-bond donors (Lipinski definition) is 0. The fourth-order valence-electron chi connectivity index (χ4n) is 7.44. The van der Waals surface area contributed by atoms with Gasteiger partial charge in [-0.25, -0.2) is 0 Å². The van der Waals surface area contributed by atoms with E-state index in [-0.39, 0.29) is 0 Å². The van der Waals surface area contributed by atoms with Gasteiger partial charge in [-0.05, 0) is 65.7 Å². The SMILES string of the molecule is N#Cc1cccc(-c2cccc(-n3c4ccccc4c4c(C#N)cccc43)c2)c1-c1ccccc1-n1c2ccccc2c2ccccc21. The van der Waals surface area contributed by atoms with Gasteiger partial charge in [0.1, 0.15) is 0 Å². The van der Waals surface area contributed by atoms with Crippen LogP contribution in [0.5, 0.6) is 0 Å². The molecule has 0 aliphatic heterocycles. The Morgan fingerprint density at radius 1 is 0.417 bits per heavy atom. The quantitative estimate of drug-likeness (QED) is 0.199. The third kappa shape index (κ3) is 4.01. The number of para-hydroxylation sites is 4. The zero-order chi connectivity index (χ0) is 32.2. The van der Waals surface area contributed by atoms with Crippen molar-refractivity contribution in [3.8, 4) is 45.8 Å². The first kappa shape index (κ1) is 27.4. The van der Waals surface area contributed by atoms with Crippen molar-refractivity contribution in [1.29, 1.82) is 10.5 Å². The fraction of sp³-hybridized carbons (Fsp3) is 0. The van der Waals surface area contributed by atoms with Gasteiger partial charge in [-0.1, -0.05) is 103 Å². The number of benzene rings is 7. The Kier molecular flexibility index (Phi) is 6.22. The molecule has 0 atom stereocenters. The maximum atomic E-state index is 10.5. The molecule has 0 spiro atoms. The van der Waals surface area contributed by atoms with E-state index in [9.17, 15) is 10.5 Å². The smallest absolute Gasteiger partial charge is 0.0998 e. The van der Waals surface area contributed by atoms with Gasteiger partial charge in [0, 0.05) is 38.4 Å². The Bertz CT molecular complexity index is 2760. The molecule has 0 amide bonds. The molecule has 0 fully saturated rings. The lowest BCUT2D eigenvalue weighted by Gasteiger charge is -2.18. The summed E-state index contributed by atoms with van der Waals surface area (Å²) < 4.78 is 4.55. The van der Waals surface area contributed by atoms with Gasteiger partial charge in [0.2, 0.25) is 0 Å². The summed E-state index contributed by atoms with van der Waals surface area (Å²) in [7, 11) is 0. The Hall–Kier alpha value is -6.88. The van der Waals surface area contributed by atoms with E-state index in [0.717, 1.165) is 66.5 Å². The van der Waals surface area contributed by atoms with E-state index >= 15 is 0 Å². The third-order valence-corrected chi connectivity index (χ3v) is 9.41. The molecule has 0 aliphatic rings. The van der Waals surface area contributed by atoms with Crippen LogP contribution < -0.4 is 0 Å². The Labute approximate surface area is 277 Å². The molecule has 222 valence electrons. The van der Waals surface area contributed by atoms with Crippen molar-refractivity contribution >= 4 is 43.6 Å². The van der Waals surface area contributed by atoms with Crippen LogP contribution in [-0.4, -0.2) is 9.13 Å². The maximum Gasteiger partial charge on any atom is 0.0998 e. The average Bonchev–Trinajstić information content (AvgIpc) is 3.68. The largest absolute Gasteiger partial charge is 0.309 e. The molecule has 0 unspecified atom stereocenters. The minimum Gasteiger partial charge on any atom is -0.309 e. The third-order valence-electron chi connectivity index (χ3n) is 9.41. The van der Waals surface area contributed by atoms with E-state index in [1.165, 1.54) is 10.8 Å². The summed E-state index contributed by atoms with van der Waals surface area (Å²) in [5.74, 6) is 0. The molecule has 0 radical (unpaired) electrons. The fourth-order valence-corrected chi connectivity index (χ4v) is 7.44. The van der Waals surface area contributed by atoms with Crippen molar-refractivity contribution in [3.63, 3.8) is 0 Å². The predicted molar refractivity (Wildman–Crippen MR) is 195 cm³/mol. The number of nitrogens with zero attached hydrogens (tertiary/aromatic N) is 4. The molecule has 7 aromatic carbocycles. The number of rotatable bonds is 4. The first-order chi connectivity index (χ1) is 23.8. The summed E-state index contributed by atoms with van der Waals surface area (Å²) in [6, 6.07) is 58.9. The highest BCUT2D eigenvalue weighted by atomic mass is 15.0. The van der Waals surface area contributed by atoms with Crippen LogP contribution in [0.15, 0.2) is 158 Å². The van der Waals surface area contributed by atoms with Gasteiger partial charge < -0.3 is 9.13 Å².